The van der Waals surface area contributed by atoms with Crippen molar-refractivity contribution in [2.45, 2.75) is 37.1 Å². The number of halogens is 2. The van der Waals surface area contributed by atoms with Crippen molar-refractivity contribution < 1.29 is 18.3 Å². The van der Waals surface area contributed by atoms with Gasteiger partial charge in [-0.05, 0) is 53.4 Å². The monoisotopic (exact) mass is 439 g/mol. The number of sulfonamides is 1. The molecule has 5 nitrogen and oxygen atoms in total. The number of carboxylic acid groups (broad SMARTS) is 1. The Labute approximate surface area is 140 Å². The third-order valence-electron chi connectivity index (χ3n) is 3.30. The predicted octanol–water partition coefficient (Wildman–Crippen LogP) is 3.15. The van der Waals surface area contributed by atoms with E-state index in [1.165, 1.54) is 4.31 Å². The molecule has 1 aliphatic rings. The van der Waals surface area contributed by atoms with Crippen LogP contribution in [0.25, 0.3) is 0 Å². The minimum atomic E-state index is -3.71. The second-order valence-corrected chi connectivity index (χ2v) is 8.59. The van der Waals surface area contributed by atoms with Gasteiger partial charge in [-0.3, -0.25) is 4.79 Å². The summed E-state index contributed by atoms with van der Waals surface area (Å²) in [4.78, 5) is 10.9. The van der Waals surface area contributed by atoms with Gasteiger partial charge in [0.2, 0.25) is 10.0 Å². The van der Waals surface area contributed by atoms with Crippen LogP contribution in [0.1, 0.15) is 24.8 Å². The Morgan fingerprint density at radius 3 is 2.48 bits per heavy atom. The summed E-state index contributed by atoms with van der Waals surface area (Å²) in [6, 6.07) is 3.21. The molecule has 0 radical (unpaired) electrons. The lowest BCUT2D eigenvalue weighted by Gasteiger charge is -2.22. The van der Waals surface area contributed by atoms with Crippen LogP contribution >= 0.6 is 31.9 Å². The van der Waals surface area contributed by atoms with Gasteiger partial charge in [-0.2, -0.15) is 4.31 Å². The van der Waals surface area contributed by atoms with Gasteiger partial charge in [0, 0.05) is 21.5 Å². The lowest BCUT2D eigenvalue weighted by Crippen LogP contribution is -2.35. The van der Waals surface area contributed by atoms with Crippen LogP contribution in [0.15, 0.2) is 26.0 Å². The molecule has 0 spiro atoms. The molecule has 0 bridgehead atoms. The number of carboxylic acids is 1. The summed E-state index contributed by atoms with van der Waals surface area (Å²) in [6.07, 6.45) is 1.37. The first-order valence-electron chi connectivity index (χ1n) is 6.42. The zero-order chi connectivity index (χ0) is 15.8. The molecule has 1 saturated carbocycles. The summed E-state index contributed by atoms with van der Waals surface area (Å²) in [5.41, 5.74) is 0.921. The second kappa shape index (κ2) is 6.36. The quantitative estimate of drug-likeness (QED) is 0.737. The third kappa shape index (κ3) is 3.85. The largest absolute Gasteiger partial charge is 0.481 e. The lowest BCUT2D eigenvalue weighted by atomic mass is 10.2. The molecule has 116 valence electrons. The Balaban J connectivity index is 2.38. The summed E-state index contributed by atoms with van der Waals surface area (Å²) in [7, 11) is -3.71. The average molecular weight is 441 g/mol. The summed E-state index contributed by atoms with van der Waals surface area (Å²) >= 11 is 6.63. The van der Waals surface area contributed by atoms with Crippen molar-refractivity contribution in [2.24, 2.45) is 0 Å². The van der Waals surface area contributed by atoms with E-state index in [1.807, 2.05) is 6.92 Å². The maximum Gasteiger partial charge on any atom is 0.304 e. The highest BCUT2D eigenvalue weighted by Crippen LogP contribution is 2.36. The number of rotatable bonds is 6. The van der Waals surface area contributed by atoms with Crippen LogP contribution in [0.2, 0.25) is 0 Å². The molecule has 0 saturated heterocycles. The fourth-order valence-electron chi connectivity index (χ4n) is 2.02. The third-order valence-corrected chi connectivity index (χ3v) is 7.06. The Bertz CT molecular complexity index is 671. The molecule has 1 aromatic carbocycles. The van der Waals surface area contributed by atoms with E-state index in [4.69, 9.17) is 5.11 Å². The zero-order valence-electron chi connectivity index (χ0n) is 11.3. The minimum Gasteiger partial charge on any atom is -0.481 e. The number of aryl methyl sites for hydroxylation is 1. The summed E-state index contributed by atoms with van der Waals surface area (Å²) in [6.45, 7) is 1.87. The standard InChI is InChI=1S/C13H15Br2NO4S/c1-8-6-11(15)12(7-10(8)14)21(19,20)16(9-2-3-9)5-4-13(17)18/h6-7,9H,2-5H2,1H3,(H,17,18). The molecule has 2 rings (SSSR count). The SMILES string of the molecule is Cc1cc(Br)c(S(=O)(=O)N(CCC(=O)O)C2CC2)cc1Br. The minimum absolute atomic E-state index is 0.000267. The van der Waals surface area contributed by atoms with Gasteiger partial charge in [-0.25, -0.2) is 8.42 Å². The number of aliphatic carboxylic acids is 1. The molecule has 0 atom stereocenters. The smallest absolute Gasteiger partial charge is 0.304 e. The van der Waals surface area contributed by atoms with E-state index in [-0.39, 0.29) is 23.9 Å². The van der Waals surface area contributed by atoms with Crippen LogP contribution in [-0.4, -0.2) is 36.4 Å². The molecule has 21 heavy (non-hydrogen) atoms. The molecule has 1 N–H and O–H groups in total. The molecule has 0 aromatic heterocycles. The zero-order valence-corrected chi connectivity index (χ0v) is 15.3. The van der Waals surface area contributed by atoms with E-state index < -0.39 is 16.0 Å². The van der Waals surface area contributed by atoms with Crippen LogP contribution in [0.5, 0.6) is 0 Å². The Morgan fingerprint density at radius 2 is 1.95 bits per heavy atom. The number of hydrogen-bond donors (Lipinski definition) is 1. The van der Waals surface area contributed by atoms with Crippen LogP contribution in [-0.2, 0) is 14.8 Å². The van der Waals surface area contributed by atoms with Crippen molar-refractivity contribution in [3.63, 3.8) is 0 Å². The molecule has 0 aliphatic heterocycles. The summed E-state index contributed by atoms with van der Waals surface area (Å²) in [5, 5.41) is 8.80. The fraction of sp³-hybridized carbons (Fsp3) is 0.462. The Kier molecular flexibility index (Phi) is 5.12. The maximum atomic E-state index is 12.8. The fourth-order valence-corrected chi connectivity index (χ4v) is 5.35. The van der Waals surface area contributed by atoms with Crippen molar-refractivity contribution in [1.29, 1.82) is 0 Å². The predicted molar refractivity (Wildman–Crippen MR) is 85.7 cm³/mol. The van der Waals surface area contributed by atoms with E-state index in [1.54, 1.807) is 12.1 Å². The van der Waals surface area contributed by atoms with E-state index >= 15 is 0 Å². The van der Waals surface area contributed by atoms with Gasteiger partial charge in [0.15, 0.2) is 0 Å². The highest BCUT2D eigenvalue weighted by molar-refractivity contribution is 9.11. The van der Waals surface area contributed by atoms with Gasteiger partial charge in [0.1, 0.15) is 0 Å². The van der Waals surface area contributed by atoms with Gasteiger partial charge in [0.25, 0.3) is 0 Å². The normalized spacial score (nSPS) is 15.4. The highest BCUT2D eigenvalue weighted by Gasteiger charge is 2.39. The van der Waals surface area contributed by atoms with Crippen LogP contribution < -0.4 is 0 Å². The molecule has 0 heterocycles. The van der Waals surface area contributed by atoms with Crippen LogP contribution in [0, 0.1) is 6.92 Å². The first-order chi connectivity index (χ1) is 9.73. The van der Waals surface area contributed by atoms with Crippen molar-refractivity contribution in [1.82, 2.24) is 4.31 Å². The van der Waals surface area contributed by atoms with Crippen LogP contribution in [0.3, 0.4) is 0 Å². The van der Waals surface area contributed by atoms with Crippen molar-refractivity contribution >= 4 is 47.9 Å². The molecule has 1 fully saturated rings. The van der Waals surface area contributed by atoms with Gasteiger partial charge < -0.3 is 5.11 Å². The van der Waals surface area contributed by atoms with Crippen molar-refractivity contribution in [3.05, 3.63) is 26.6 Å². The number of carbonyl (C=O) groups is 1. The number of benzene rings is 1. The first-order valence-corrected chi connectivity index (χ1v) is 9.45. The molecular formula is C13H15Br2NO4S. The van der Waals surface area contributed by atoms with E-state index in [0.717, 1.165) is 18.4 Å². The van der Waals surface area contributed by atoms with Gasteiger partial charge in [0.05, 0.1) is 11.3 Å². The summed E-state index contributed by atoms with van der Waals surface area (Å²) in [5.74, 6) is -1.000. The molecule has 1 aromatic rings. The van der Waals surface area contributed by atoms with Gasteiger partial charge in [-0.15, -0.1) is 0 Å². The Morgan fingerprint density at radius 1 is 1.33 bits per heavy atom. The summed E-state index contributed by atoms with van der Waals surface area (Å²) < 4.78 is 28.1. The molecular weight excluding hydrogens is 426 g/mol. The number of hydrogen-bond acceptors (Lipinski definition) is 3. The van der Waals surface area contributed by atoms with Gasteiger partial charge >= 0.3 is 5.97 Å². The van der Waals surface area contributed by atoms with E-state index in [2.05, 4.69) is 31.9 Å². The van der Waals surface area contributed by atoms with Crippen molar-refractivity contribution in [3.8, 4) is 0 Å². The maximum absolute atomic E-state index is 12.8. The highest BCUT2D eigenvalue weighted by atomic mass is 79.9. The molecule has 8 heteroatoms. The second-order valence-electron chi connectivity index (χ2n) is 5.02. The topological polar surface area (TPSA) is 74.7 Å². The van der Waals surface area contributed by atoms with Crippen molar-refractivity contribution in [2.75, 3.05) is 6.54 Å². The first kappa shape index (κ1) is 16.9. The average Bonchev–Trinajstić information content (AvgIpc) is 3.17. The Hall–Kier alpha value is -0.440. The molecule has 0 amide bonds. The van der Waals surface area contributed by atoms with E-state index in [9.17, 15) is 13.2 Å². The van der Waals surface area contributed by atoms with E-state index in [0.29, 0.717) is 8.95 Å². The van der Waals surface area contributed by atoms with Crippen LogP contribution in [0.4, 0.5) is 0 Å². The van der Waals surface area contributed by atoms with Gasteiger partial charge in [-0.1, -0.05) is 15.9 Å². The molecule has 1 aliphatic carbocycles. The molecule has 0 unspecified atom stereocenters. The number of nitrogens with zero attached hydrogens (tertiary/aromatic N) is 1. The lowest BCUT2D eigenvalue weighted by molar-refractivity contribution is -0.137.